The minimum absolute atomic E-state index is 0. The van der Waals surface area contributed by atoms with Crippen LogP contribution in [0.25, 0.3) is 0 Å². The van der Waals surface area contributed by atoms with Crippen LogP contribution in [-0.2, 0) is 0 Å². The smallest absolute Gasteiger partial charge is 0.0398 e. The minimum Gasteiger partial charge on any atom is -0.103 e. The molecule has 15 heavy (non-hydrogen) atoms. The van der Waals surface area contributed by atoms with Gasteiger partial charge in [0, 0.05) is 0 Å². The molecule has 0 aromatic heterocycles. The first-order valence-electron chi connectivity index (χ1n) is 5.40. The Balaban J connectivity index is -0.0000000658. The molecule has 0 atom stereocenters. The summed E-state index contributed by atoms with van der Waals surface area (Å²) in [5, 5.41) is 0. The Morgan fingerprint density at radius 2 is 1.20 bits per heavy atom. The van der Waals surface area contributed by atoms with Gasteiger partial charge in [-0.1, -0.05) is 77.1 Å². The van der Waals surface area contributed by atoms with Crippen molar-refractivity contribution in [1.82, 2.24) is 0 Å². The molecule has 0 nitrogen and oxygen atoms in total. The van der Waals surface area contributed by atoms with E-state index < -0.39 is 0 Å². The number of rotatable bonds is 0. The lowest BCUT2D eigenvalue weighted by molar-refractivity contribution is 1.48. The normalized spacial score (nSPS) is 5.73. The van der Waals surface area contributed by atoms with E-state index in [4.69, 9.17) is 0 Å². The van der Waals surface area contributed by atoms with E-state index in [1.54, 1.807) is 6.08 Å². The molecule has 90 valence electrons. The summed E-state index contributed by atoms with van der Waals surface area (Å²) in [5.41, 5.74) is 1.32. The lowest BCUT2D eigenvalue weighted by Crippen LogP contribution is -1.62. The third kappa shape index (κ3) is 32.1. The van der Waals surface area contributed by atoms with Crippen LogP contribution in [0.5, 0.6) is 0 Å². The molecular weight excluding hydrogens is 180 g/mol. The molecule has 1 aromatic rings. The van der Waals surface area contributed by atoms with Gasteiger partial charge < -0.3 is 0 Å². The molecule has 0 aliphatic heterocycles. The Labute approximate surface area is 98.0 Å². The molecule has 0 unspecified atom stereocenters. The van der Waals surface area contributed by atoms with Crippen LogP contribution in [-0.4, -0.2) is 0 Å². The summed E-state index contributed by atoms with van der Waals surface area (Å²) in [7, 11) is 0. The average Bonchev–Trinajstić information content (AvgIpc) is 2.26. The van der Waals surface area contributed by atoms with Gasteiger partial charge in [-0.3, -0.25) is 0 Å². The molecule has 0 heteroatoms. The highest BCUT2D eigenvalue weighted by molar-refractivity contribution is 5.11. The van der Waals surface area contributed by atoms with Crippen LogP contribution in [0.4, 0.5) is 0 Å². The summed E-state index contributed by atoms with van der Waals surface area (Å²) in [5.74, 6) is 0. The molecule has 0 amide bonds. The molecule has 0 spiro atoms. The molecule has 0 radical (unpaired) electrons. The maximum Gasteiger partial charge on any atom is -0.0398 e. The number of hydrogen-bond acceptors (Lipinski definition) is 0. The van der Waals surface area contributed by atoms with Crippen molar-refractivity contribution in [2.45, 2.75) is 49.0 Å². The Morgan fingerprint density at radius 3 is 1.33 bits per heavy atom. The van der Waals surface area contributed by atoms with Gasteiger partial charge in [0.25, 0.3) is 0 Å². The summed E-state index contributed by atoms with van der Waals surface area (Å²) in [6.45, 7) is 15.3. The monoisotopic (exact) mass is 210 g/mol. The number of benzene rings is 1. The molecule has 1 aromatic carbocycles. The second-order valence-electron chi connectivity index (χ2n) is 2.06. The Bertz CT molecular complexity index is 163. The predicted octanol–water partition coefficient (Wildman–Crippen LogP) is 5.88. The van der Waals surface area contributed by atoms with Gasteiger partial charge in [0.05, 0.1) is 0 Å². The van der Waals surface area contributed by atoms with Crippen LogP contribution < -0.4 is 0 Å². The van der Waals surface area contributed by atoms with Gasteiger partial charge in [-0.05, 0) is 13.8 Å². The van der Waals surface area contributed by atoms with Crippen molar-refractivity contribution >= 4 is 0 Å². The largest absolute Gasteiger partial charge is 0.103 e. The summed E-state index contributed by atoms with van der Waals surface area (Å²) >= 11 is 0. The third-order valence-corrected chi connectivity index (χ3v) is 0.940. The number of hydrogen-bond donors (Lipinski definition) is 0. The lowest BCUT2D eigenvalue weighted by atomic mass is 10.2. The van der Waals surface area contributed by atoms with Gasteiger partial charge in [-0.15, -0.1) is 6.58 Å². The SMILES string of the molecule is C.C=CC.CC.CC.Cc1ccccc1. The quantitative estimate of drug-likeness (QED) is 0.469. The Hall–Kier alpha value is -1.04. The zero-order chi connectivity index (χ0) is 11.8. The summed E-state index contributed by atoms with van der Waals surface area (Å²) in [4.78, 5) is 0. The summed E-state index contributed by atoms with van der Waals surface area (Å²) < 4.78 is 0. The van der Waals surface area contributed by atoms with Crippen LogP contribution in [0.3, 0.4) is 0 Å². The fourth-order valence-electron chi connectivity index (χ4n) is 0.534. The molecule has 0 bridgehead atoms. The van der Waals surface area contributed by atoms with Crippen LogP contribution >= 0.6 is 0 Å². The molecule has 0 saturated carbocycles. The summed E-state index contributed by atoms with van der Waals surface area (Å²) in [6.07, 6.45) is 1.75. The van der Waals surface area contributed by atoms with E-state index in [0.29, 0.717) is 0 Å². The first-order chi connectivity index (χ1) is 6.81. The van der Waals surface area contributed by atoms with E-state index in [1.807, 2.05) is 52.8 Å². The van der Waals surface area contributed by atoms with Gasteiger partial charge >= 0.3 is 0 Å². The van der Waals surface area contributed by atoms with E-state index in [9.17, 15) is 0 Å². The third-order valence-electron chi connectivity index (χ3n) is 0.940. The number of allylic oxidation sites excluding steroid dienone is 1. The average molecular weight is 210 g/mol. The molecule has 0 heterocycles. The van der Waals surface area contributed by atoms with E-state index in [0.717, 1.165) is 0 Å². The van der Waals surface area contributed by atoms with Crippen LogP contribution in [0.15, 0.2) is 43.0 Å². The maximum atomic E-state index is 3.36. The number of aryl methyl sites for hydroxylation is 1. The molecule has 0 fully saturated rings. The predicted molar refractivity (Wildman–Crippen MR) is 76.5 cm³/mol. The zero-order valence-electron chi connectivity index (χ0n) is 10.7. The summed E-state index contributed by atoms with van der Waals surface area (Å²) in [6, 6.07) is 10.3. The van der Waals surface area contributed by atoms with Gasteiger partial charge in [-0.2, -0.15) is 0 Å². The van der Waals surface area contributed by atoms with E-state index in [-0.39, 0.29) is 7.43 Å². The molecule has 0 N–H and O–H groups in total. The topological polar surface area (TPSA) is 0 Å². The molecule has 0 aliphatic carbocycles. The minimum atomic E-state index is 0. The van der Waals surface area contributed by atoms with E-state index in [2.05, 4.69) is 25.6 Å². The van der Waals surface area contributed by atoms with Gasteiger partial charge in [0.15, 0.2) is 0 Å². The first-order valence-corrected chi connectivity index (χ1v) is 5.40. The Kier molecular flexibility index (Phi) is 46.1. The van der Waals surface area contributed by atoms with Gasteiger partial charge in [0.2, 0.25) is 0 Å². The van der Waals surface area contributed by atoms with Crippen LogP contribution in [0, 0.1) is 6.92 Å². The van der Waals surface area contributed by atoms with Crippen molar-refractivity contribution in [3.63, 3.8) is 0 Å². The van der Waals surface area contributed by atoms with Crippen molar-refractivity contribution < 1.29 is 0 Å². The first kappa shape index (κ1) is 23.6. The lowest BCUT2D eigenvalue weighted by Gasteiger charge is -1.82. The second kappa shape index (κ2) is 29.3. The van der Waals surface area contributed by atoms with Crippen molar-refractivity contribution in [3.8, 4) is 0 Å². The molecule has 0 saturated heterocycles. The molecule has 1 rings (SSSR count). The van der Waals surface area contributed by atoms with Crippen molar-refractivity contribution in [2.75, 3.05) is 0 Å². The van der Waals surface area contributed by atoms with E-state index >= 15 is 0 Å². The van der Waals surface area contributed by atoms with Crippen LogP contribution in [0.2, 0.25) is 0 Å². The highest BCUT2D eigenvalue weighted by Gasteiger charge is 1.72. The molecular formula is C15H30. The zero-order valence-corrected chi connectivity index (χ0v) is 10.7. The van der Waals surface area contributed by atoms with Gasteiger partial charge in [0.1, 0.15) is 0 Å². The van der Waals surface area contributed by atoms with Crippen molar-refractivity contribution in [3.05, 3.63) is 48.6 Å². The van der Waals surface area contributed by atoms with Crippen LogP contribution in [0.1, 0.15) is 47.6 Å². The maximum absolute atomic E-state index is 3.36. The van der Waals surface area contributed by atoms with E-state index in [1.165, 1.54) is 5.56 Å². The van der Waals surface area contributed by atoms with Gasteiger partial charge in [-0.25, -0.2) is 0 Å². The van der Waals surface area contributed by atoms with Crippen molar-refractivity contribution in [1.29, 1.82) is 0 Å². The highest BCUT2D eigenvalue weighted by Crippen LogP contribution is 1.92. The highest BCUT2D eigenvalue weighted by atomic mass is 13.8. The fourth-order valence-corrected chi connectivity index (χ4v) is 0.534. The fraction of sp³-hybridized carbons (Fsp3) is 0.467. The Morgan fingerprint density at radius 1 is 0.933 bits per heavy atom. The second-order valence-corrected chi connectivity index (χ2v) is 2.06. The molecule has 0 aliphatic rings. The van der Waals surface area contributed by atoms with Crippen molar-refractivity contribution in [2.24, 2.45) is 0 Å². The standard InChI is InChI=1S/C7H8.C3H6.2C2H6.CH4/c1-7-5-3-2-4-6-7;1-3-2;2*1-2;/h2-6H,1H3;3H,1H2,2H3;2*1-2H3;1H4.